The summed E-state index contributed by atoms with van der Waals surface area (Å²) in [5.41, 5.74) is 1.01. The summed E-state index contributed by atoms with van der Waals surface area (Å²) in [6.45, 7) is 5.86. The van der Waals surface area contributed by atoms with Crippen LogP contribution in [0.4, 0.5) is 0 Å². The number of oxazole rings is 2. The second-order valence-electron chi connectivity index (χ2n) is 7.02. The third kappa shape index (κ3) is 3.87. The Kier molecular flexibility index (Phi) is 4.94. The van der Waals surface area contributed by atoms with Gasteiger partial charge in [-0.2, -0.15) is 0 Å². The molecule has 1 aliphatic heterocycles. The van der Waals surface area contributed by atoms with E-state index in [0.29, 0.717) is 5.92 Å². The van der Waals surface area contributed by atoms with Crippen LogP contribution in [0.2, 0.25) is 0 Å². The molecule has 0 aromatic carbocycles. The van der Waals surface area contributed by atoms with E-state index in [1.165, 1.54) is 38.5 Å². The molecule has 0 bridgehead atoms. The molecule has 0 amide bonds. The fourth-order valence-corrected chi connectivity index (χ4v) is 3.81. The molecule has 4 rings (SSSR count). The predicted octanol–water partition coefficient (Wildman–Crippen LogP) is 3.03. The van der Waals surface area contributed by atoms with E-state index in [1.54, 1.807) is 6.26 Å². The van der Waals surface area contributed by atoms with E-state index in [-0.39, 0.29) is 0 Å². The van der Waals surface area contributed by atoms with Gasteiger partial charge in [-0.3, -0.25) is 9.80 Å². The highest BCUT2D eigenvalue weighted by Crippen LogP contribution is 2.32. The summed E-state index contributed by atoms with van der Waals surface area (Å²) in [4.78, 5) is 13.6. The largest absolute Gasteiger partial charge is 0.451 e. The fourth-order valence-electron chi connectivity index (χ4n) is 3.81. The molecule has 6 heteroatoms. The maximum absolute atomic E-state index is 6.05. The van der Waals surface area contributed by atoms with Gasteiger partial charge in [-0.05, 0) is 12.8 Å². The number of rotatable bonds is 5. The highest BCUT2D eigenvalue weighted by atomic mass is 16.4. The molecule has 0 radical (unpaired) electrons. The smallest absolute Gasteiger partial charge is 0.208 e. The summed E-state index contributed by atoms with van der Waals surface area (Å²) in [5.74, 6) is 2.58. The molecule has 2 fully saturated rings. The van der Waals surface area contributed by atoms with Gasteiger partial charge in [0.1, 0.15) is 12.0 Å². The monoisotopic (exact) mass is 330 g/mol. The zero-order chi connectivity index (χ0) is 16.2. The van der Waals surface area contributed by atoms with Gasteiger partial charge in [-0.25, -0.2) is 9.97 Å². The van der Waals surface area contributed by atoms with E-state index in [1.807, 2.05) is 6.20 Å². The van der Waals surface area contributed by atoms with Crippen LogP contribution in [0.5, 0.6) is 0 Å². The van der Waals surface area contributed by atoms with E-state index in [2.05, 4.69) is 19.8 Å². The van der Waals surface area contributed by atoms with Gasteiger partial charge >= 0.3 is 0 Å². The van der Waals surface area contributed by atoms with Crippen molar-refractivity contribution in [3.63, 3.8) is 0 Å². The average Bonchev–Trinajstić information content (AvgIpc) is 3.29. The molecule has 2 aromatic heterocycles. The van der Waals surface area contributed by atoms with Crippen molar-refractivity contribution >= 4 is 0 Å². The summed E-state index contributed by atoms with van der Waals surface area (Å²) in [6, 6.07) is 0. The Morgan fingerprint density at radius 2 is 1.71 bits per heavy atom. The average molecular weight is 330 g/mol. The lowest BCUT2D eigenvalue weighted by molar-refractivity contribution is 0.113. The second-order valence-corrected chi connectivity index (χ2v) is 7.02. The molecule has 3 heterocycles. The zero-order valence-electron chi connectivity index (χ0n) is 14.2. The summed E-state index contributed by atoms with van der Waals surface area (Å²) in [7, 11) is 0. The van der Waals surface area contributed by atoms with Gasteiger partial charge in [0, 0.05) is 38.6 Å². The first kappa shape index (κ1) is 15.8. The third-order valence-electron chi connectivity index (χ3n) is 5.27. The Balaban J connectivity index is 1.25. The van der Waals surface area contributed by atoms with Gasteiger partial charge < -0.3 is 8.83 Å². The molecule has 130 valence electrons. The van der Waals surface area contributed by atoms with Crippen LogP contribution in [0.1, 0.15) is 55.4 Å². The van der Waals surface area contributed by atoms with Crippen molar-refractivity contribution in [2.24, 2.45) is 0 Å². The molecule has 0 spiro atoms. The molecule has 6 nitrogen and oxygen atoms in total. The van der Waals surface area contributed by atoms with E-state index in [9.17, 15) is 0 Å². The normalized spacial score (nSPS) is 21.3. The number of nitrogens with zero attached hydrogens (tertiary/aromatic N) is 4. The second kappa shape index (κ2) is 7.49. The molecule has 2 aliphatic rings. The van der Waals surface area contributed by atoms with Crippen LogP contribution in [0.25, 0.3) is 0 Å². The van der Waals surface area contributed by atoms with Crippen LogP contribution < -0.4 is 0 Å². The minimum atomic E-state index is 0.597. The molecular formula is C18H26N4O2. The Morgan fingerprint density at radius 1 is 0.958 bits per heavy atom. The van der Waals surface area contributed by atoms with Crippen LogP contribution in [0.3, 0.4) is 0 Å². The Labute approximate surface area is 142 Å². The van der Waals surface area contributed by atoms with Crippen LogP contribution >= 0.6 is 0 Å². The lowest BCUT2D eigenvalue weighted by Gasteiger charge is -2.33. The number of hydrogen-bond acceptors (Lipinski definition) is 6. The Hall–Kier alpha value is -1.66. The van der Waals surface area contributed by atoms with Gasteiger partial charge in [-0.1, -0.05) is 19.3 Å². The van der Waals surface area contributed by atoms with E-state index >= 15 is 0 Å². The summed E-state index contributed by atoms with van der Waals surface area (Å²) in [5, 5.41) is 0. The van der Waals surface area contributed by atoms with Crippen molar-refractivity contribution in [3.8, 4) is 0 Å². The van der Waals surface area contributed by atoms with Gasteiger partial charge in [-0.15, -0.1) is 0 Å². The maximum atomic E-state index is 6.05. The van der Waals surface area contributed by atoms with Crippen molar-refractivity contribution in [1.29, 1.82) is 0 Å². The molecule has 0 unspecified atom stereocenters. The summed E-state index contributed by atoms with van der Waals surface area (Å²) < 4.78 is 11.1. The first-order valence-corrected chi connectivity index (χ1v) is 9.13. The predicted molar refractivity (Wildman–Crippen MR) is 89.4 cm³/mol. The third-order valence-corrected chi connectivity index (χ3v) is 5.27. The van der Waals surface area contributed by atoms with Gasteiger partial charge in [0.05, 0.1) is 18.4 Å². The molecule has 1 saturated heterocycles. The zero-order valence-corrected chi connectivity index (χ0v) is 14.2. The van der Waals surface area contributed by atoms with Crippen LogP contribution in [-0.4, -0.2) is 45.9 Å². The topological polar surface area (TPSA) is 58.5 Å². The summed E-state index contributed by atoms with van der Waals surface area (Å²) in [6.07, 6.45) is 11.7. The van der Waals surface area contributed by atoms with Crippen molar-refractivity contribution in [1.82, 2.24) is 19.8 Å². The minimum Gasteiger partial charge on any atom is -0.451 e. The summed E-state index contributed by atoms with van der Waals surface area (Å²) >= 11 is 0. The molecule has 2 aromatic rings. The van der Waals surface area contributed by atoms with Gasteiger partial charge in [0.2, 0.25) is 5.89 Å². The SMILES string of the molecule is c1nc(CN2CCN(Cc3ncc(C4CCCCC4)o3)CC2)co1. The van der Waals surface area contributed by atoms with Crippen molar-refractivity contribution in [2.75, 3.05) is 26.2 Å². The first-order valence-electron chi connectivity index (χ1n) is 9.13. The Morgan fingerprint density at radius 3 is 2.42 bits per heavy atom. The first-order chi connectivity index (χ1) is 11.9. The molecule has 0 N–H and O–H groups in total. The minimum absolute atomic E-state index is 0.597. The van der Waals surface area contributed by atoms with Crippen LogP contribution in [0, 0.1) is 0 Å². The van der Waals surface area contributed by atoms with Crippen LogP contribution in [-0.2, 0) is 13.1 Å². The fraction of sp³-hybridized carbons (Fsp3) is 0.667. The van der Waals surface area contributed by atoms with Crippen molar-refractivity contribution < 1.29 is 8.83 Å². The molecule has 1 aliphatic carbocycles. The van der Waals surface area contributed by atoms with Gasteiger partial charge in [0.25, 0.3) is 0 Å². The maximum Gasteiger partial charge on any atom is 0.208 e. The van der Waals surface area contributed by atoms with Crippen molar-refractivity contribution in [3.05, 3.63) is 36.2 Å². The molecule has 24 heavy (non-hydrogen) atoms. The van der Waals surface area contributed by atoms with Gasteiger partial charge in [0.15, 0.2) is 6.39 Å². The van der Waals surface area contributed by atoms with Crippen molar-refractivity contribution in [2.45, 2.75) is 51.1 Å². The Bertz CT molecular complexity index is 611. The highest BCUT2D eigenvalue weighted by Gasteiger charge is 2.22. The number of hydrogen-bond donors (Lipinski definition) is 0. The van der Waals surface area contributed by atoms with E-state index in [4.69, 9.17) is 8.83 Å². The number of piperazine rings is 1. The molecular weight excluding hydrogens is 304 g/mol. The number of aromatic nitrogens is 2. The van der Waals surface area contributed by atoms with E-state index < -0.39 is 0 Å². The van der Waals surface area contributed by atoms with E-state index in [0.717, 1.165) is 56.6 Å². The quantitative estimate of drug-likeness (QED) is 0.840. The molecule has 0 atom stereocenters. The van der Waals surface area contributed by atoms with Crippen LogP contribution in [0.15, 0.2) is 27.7 Å². The lowest BCUT2D eigenvalue weighted by Crippen LogP contribution is -2.45. The standard InChI is InChI=1S/C18H26N4O2/c1-2-4-15(5-3-1)17-10-19-18(24-17)12-22-8-6-21(7-9-22)11-16-13-23-14-20-16/h10,13-15H,1-9,11-12H2. The highest BCUT2D eigenvalue weighted by molar-refractivity contribution is 5.03. The lowest BCUT2D eigenvalue weighted by atomic mass is 9.88. The molecule has 1 saturated carbocycles.